The number of hydrogen-bond acceptors (Lipinski definition) is 2. The van der Waals surface area contributed by atoms with Gasteiger partial charge < -0.3 is 5.32 Å². The lowest BCUT2D eigenvalue weighted by atomic mass is 10.2. The van der Waals surface area contributed by atoms with Crippen LogP contribution in [-0.4, -0.2) is 15.7 Å². The molecule has 1 aromatic heterocycles. The molecule has 1 aromatic carbocycles. The molecule has 2 rings (SSSR count). The van der Waals surface area contributed by atoms with Crippen molar-refractivity contribution in [1.29, 1.82) is 0 Å². The molecule has 0 radical (unpaired) electrons. The molecule has 0 unspecified atom stereocenters. The van der Waals surface area contributed by atoms with Gasteiger partial charge in [0.25, 0.3) is 5.91 Å². The van der Waals surface area contributed by atoms with Crippen molar-refractivity contribution >= 4 is 11.6 Å². The summed E-state index contributed by atoms with van der Waals surface area (Å²) >= 11 is 0. The van der Waals surface area contributed by atoms with E-state index >= 15 is 0 Å². The molecule has 18 heavy (non-hydrogen) atoms. The zero-order valence-corrected chi connectivity index (χ0v) is 9.65. The molecule has 2 aromatic rings. The van der Waals surface area contributed by atoms with Crippen molar-refractivity contribution in [1.82, 2.24) is 9.78 Å². The summed E-state index contributed by atoms with van der Waals surface area (Å²) in [6.45, 7) is 2.57. The fraction of sp³-hybridized carbons (Fsp3) is 0.167. The third kappa shape index (κ3) is 2.53. The van der Waals surface area contributed by atoms with Crippen molar-refractivity contribution in [3.8, 4) is 0 Å². The summed E-state index contributed by atoms with van der Waals surface area (Å²) in [5, 5.41) is 6.45. The second-order valence-corrected chi connectivity index (χ2v) is 3.66. The number of carbonyl (C=O) groups excluding carboxylic acids is 1. The molecule has 0 aliphatic heterocycles. The second-order valence-electron chi connectivity index (χ2n) is 3.66. The van der Waals surface area contributed by atoms with E-state index < -0.39 is 17.5 Å². The maximum absolute atomic E-state index is 13.4. The van der Waals surface area contributed by atoms with Gasteiger partial charge in [-0.1, -0.05) is 0 Å². The van der Waals surface area contributed by atoms with Crippen LogP contribution in [-0.2, 0) is 6.54 Å². The normalized spacial score (nSPS) is 10.4. The van der Waals surface area contributed by atoms with E-state index in [1.165, 1.54) is 6.20 Å². The summed E-state index contributed by atoms with van der Waals surface area (Å²) in [6, 6.07) is 2.81. The van der Waals surface area contributed by atoms with Gasteiger partial charge in [0.2, 0.25) is 0 Å². The first-order valence-corrected chi connectivity index (χ1v) is 5.39. The van der Waals surface area contributed by atoms with E-state index in [-0.39, 0.29) is 5.56 Å². The van der Waals surface area contributed by atoms with E-state index in [0.29, 0.717) is 18.3 Å². The van der Waals surface area contributed by atoms with Gasteiger partial charge in [-0.05, 0) is 19.1 Å². The molecule has 6 heteroatoms. The summed E-state index contributed by atoms with van der Waals surface area (Å²) in [5.41, 5.74) is 0.256. The minimum atomic E-state index is -0.893. The molecular formula is C12H11F2N3O. The number of aryl methyl sites for hydroxylation is 1. The van der Waals surface area contributed by atoms with Gasteiger partial charge in [-0.25, -0.2) is 8.78 Å². The molecule has 0 bridgehead atoms. The molecule has 94 valence electrons. The SMILES string of the molecule is CCn1cc(NC(=O)c2ccc(F)cc2F)cn1. The standard InChI is InChI=1S/C12H11F2N3O/c1-2-17-7-9(6-15-17)16-12(18)10-4-3-8(13)5-11(10)14/h3-7H,2H2,1H3,(H,16,18). The van der Waals surface area contributed by atoms with Gasteiger partial charge in [0.05, 0.1) is 17.4 Å². The molecule has 0 saturated carbocycles. The Balaban J connectivity index is 2.16. The number of rotatable bonds is 3. The number of amides is 1. The van der Waals surface area contributed by atoms with Crippen LogP contribution >= 0.6 is 0 Å². The molecule has 0 spiro atoms. The topological polar surface area (TPSA) is 46.9 Å². The Morgan fingerprint density at radius 2 is 2.22 bits per heavy atom. The lowest BCUT2D eigenvalue weighted by molar-refractivity contribution is 0.102. The molecule has 0 saturated heterocycles. The van der Waals surface area contributed by atoms with Crippen molar-refractivity contribution in [3.05, 3.63) is 47.8 Å². The molecule has 1 heterocycles. The fourth-order valence-electron chi connectivity index (χ4n) is 1.47. The Morgan fingerprint density at radius 1 is 1.44 bits per heavy atom. The predicted octanol–water partition coefficient (Wildman–Crippen LogP) is 2.43. The number of aromatic nitrogens is 2. The van der Waals surface area contributed by atoms with Gasteiger partial charge in [0.15, 0.2) is 0 Å². The number of nitrogens with one attached hydrogen (secondary N) is 1. The van der Waals surface area contributed by atoms with Crippen LogP contribution in [0.15, 0.2) is 30.6 Å². The number of hydrogen-bond donors (Lipinski definition) is 1. The quantitative estimate of drug-likeness (QED) is 0.910. The van der Waals surface area contributed by atoms with Crippen LogP contribution in [0.25, 0.3) is 0 Å². The molecule has 1 N–H and O–H groups in total. The number of nitrogens with zero attached hydrogens (tertiary/aromatic N) is 2. The van der Waals surface area contributed by atoms with Crippen LogP contribution in [0.1, 0.15) is 17.3 Å². The average Bonchev–Trinajstić information content (AvgIpc) is 2.76. The van der Waals surface area contributed by atoms with Crippen LogP contribution in [0.2, 0.25) is 0 Å². The summed E-state index contributed by atoms with van der Waals surface area (Å²) < 4.78 is 27.7. The summed E-state index contributed by atoms with van der Waals surface area (Å²) in [4.78, 5) is 11.7. The van der Waals surface area contributed by atoms with Gasteiger partial charge in [0, 0.05) is 18.8 Å². The van der Waals surface area contributed by atoms with E-state index in [9.17, 15) is 13.6 Å². The van der Waals surface area contributed by atoms with Crippen LogP contribution in [0.3, 0.4) is 0 Å². The van der Waals surface area contributed by atoms with E-state index in [4.69, 9.17) is 0 Å². The van der Waals surface area contributed by atoms with E-state index in [1.54, 1.807) is 10.9 Å². The molecule has 0 fully saturated rings. The van der Waals surface area contributed by atoms with E-state index in [1.807, 2.05) is 6.92 Å². The Hall–Kier alpha value is -2.24. The minimum absolute atomic E-state index is 0.208. The largest absolute Gasteiger partial charge is 0.319 e. The predicted molar refractivity (Wildman–Crippen MR) is 62.2 cm³/mol. The van der Waals surface area contributed by atoms with Crippen LogP contribution in [0.4, 0.5) is 14.5 Å². The molecule has 0 aliphatic carbocycles. The molecule has 0 atom stereocenters. The lowest BCUT2D eigenvalue weighted by Crippen LogP contribution is -2.13. The molecular weight excluding hydrogens is 240 g/mol. The summed E-state index contributed by atoms with van der Waals surface area (Å²) in [5.74, 6) is -2.25. The molecule has 4 nitrogen and oxygen atoms in total. The zero-order valence-electron chi connectivity index (χ0n) is 9.65. The first-order chi connectivity index (χ1) is 8.60. The van der Waals surface area contributed by atoms with E-state index in [0.717, 1.165) is 12.1 Å². The highest BCUT2D eigenvalue weighted by Crippen LogP contribution is 2.12. The van der Waals surface area contributed by atoms with Crippen LogP contribution in [0, 0.1) is 11.6 Å². The van der Waals surface area contributed by atoms with Crippen molar-refractivity contribution < 1.29 is 13.6 Å². The Kier molecular flexibility index (Phi) is 3.36. The second kappa shape index (κ2) is 4.95. The Bertz CT molecular complexity index is 580. The first kappa shape index (κ1) is 12.2. The monoisotopic (exact) mass is 251 g/mol. The lowest BCUT2D eigenvalue weighted by Gasteiger charge is -2.03. The van der Waals surface area contributed by atoms with Crippen molar-refractivity contribution in [2.75, 3.05) is 5.32 Å². The Labute approximate surface area is 102 Å². The highest BCUT2D eigenvalue weighted by Gasteiger charge is 2.13. The van der Waals surface area contributed by atoms with Gasteiger partial charge in [0.1, 0.15) is 11.6 Å². The number of benzene rings is 1. The average molecular weight is 251 g/mol. The van der Waals surface area contributed by atoms with Crippen LogP contribution < -0.4 is 5.32 Å². The fourth-order valence-corrected chi connectivity index (χ4v) is 1.47. The van der Waals surface area contributed by atoms with Crippen molar-refractivity contribution in [2.24, 2.45) is 0 Å². The maximum atomic E-state index is 13.4. The maximum Gasteiger partial charge on any atom is 0.258 e. The molecule has 0 aliphatic rings. The van der Waals surface area contributed by atoms with E-state index in [2.05, 4.69) is 10.4 Å². The van der Waals surface area contributed by atoms with Gasteiger partial charge >= 0.3 is 0 Å². The highest BCUT2D eigenvalue weighted by molar-refractivity contribution is 6.04. The summed E-state index contributed by atoms with van der Waals surface area (Å²) in [6.07, 6.45) is 3.09. The highest BCUT2D eigenvalue weighted by atomic mass is 19.1. The number of anilines is 1. The number of halogens is 2. The van der Waals surface area contributed by atoms with Gasteiger partial charge in [-0.2, -0.15) is 5.10 Å². The smallest absolute Gasteiger partial charge is 0.258 e. The molecule has 1 amide bonds. The summed E-state index contributed by atoms with van der Waals surface area (Å²) in [7, 11) is 0. The van der Waals surface area contributed by atoms with Crippen molar-refractivity contribution in [2.45, 2.75) is 13.5 Å². The van der Waals surface area contributed by atoms with Gasteiger partial charge in [-0.15, -0.1) is 0 Å². The van der Waals surface area contributed by atoms with Gasteiger partial charge in [-0.3, -0.25) is 9.48 Å². The third-order valence-electron chi connectivity index (χ3n) is 2.39. The zero-order chi connectivity index (χ0) is 13.1. The van der Waals surface area contributed by atoms with Crippen LogP contribution in [0.5, 0.6) is 0 Å². The number of carbonyl (C=O) groups is 1. The Morgan fingerprint density at radius 3 is 2.83 bits per heavy atom. The van der Waals surface area contributed by atoms with Crippen molar-refractivity contribution in [3.63, 3.8) is 0 Å². The minimum Gasteiger partial charge on any atom is -0.319 e. The first-order valence-electron chi connectivity index (χ1n) is 5.39. The third-order valence-corrected chi connectivity index (χ3v) is 2.39.